The molecule has 4 nitrogen and oxygen atoms in total. The molecule has 0 amide bonds. The third-order valence-corrected chi connectivity index (χ3v) is 3.34. The predicted octanol–water partition coefficient (Wildman–Crippen LogP) is 4.19. The number of carboxylic acids is 1. The molecule has 0 unspecified atom stereocenters. The van der Waals surface area contributed by atoms with Crippen molar-refractivity contribution in [3.63, 3.8) is 0 Å². The van der Waals surface area contributed by atoms with Crippen molar-refractivity contribution in [1.82, 2.24) is 4.98 Å². The molecule has 0 aliphatic carbocycles. The van der Waals surface area contributed by atoms with E-state index >= 15 is 0 Å². The fourth-order valence-electron chi connectivity index (χ4n) is 1.41. The minimum atomic E-state index is -1.12. The van der Waals surface area contributed by atoms with Gasteiger partial charge < -0.3 is 10.4 Å². The van der Waals surface area contributed by atoms with E-state index in [1.807, 2.05) is 0 Å². The van der Waals surface area contributed by atoms with Gasteiger partial charge in [-0.05, 0) is 56.1 Å². The van der Waals surface area contributed by atoms with Gasteiger partial charge in [0.1, 0.15) is 17.2 Å². The van der Waals surface area contributed by atoms with Gasteiger partial charge in [0.2, 0.25) is 0 Å². The SMILES string of the molecule is O=C(O)c1cc(Br)cnc1Nc1ccc(Br)c(F)c1. The highest BCUT2D eigenvalue weighted by atomic mass is 79.9. The van der Waals surface area contributed by atoms with Crippen LogP contribution in [0.5, 0.6) is 0 Å². The quantitative estimate of drug-likeness (QED) is 0.826. The monoisotopic (exact) mass is 388 g/mol. The Morgan fingerprint density at radius 1 is 1.32 bits per heavy atom. The Kier molecular flexibility index (Phi) is 4.16. The normalized spacial score (nSPS) is 10.3. The average molecular weight is 390 g/mol. The maximum Gasteiger partial charge on any atom is 0.339 e. The van der Waals surface area contributed by atoms with Gasteiger partial charge in [0, 0.05) is 16.4 Å². The summed E-state index contributed by atoms with van der Waals surface area (Å²) in [7, 11) is 0. The van der Waals surface area contributed by atoms with E-state index in [9.17, 15) is 9.18 Å². The molecule has 1 aromatic heterocycles. The largest absolute Gasteiger partial charge is 0.478 e. The number of rotatable bonds is 3. The molecule has 0 bridgehead atoms. The van der Waals surface area contributed by atoms with Crippen LogP contribution in [0.1, 0.15) is 10.4 Å². The third-order valence-electron chi connectivity index (χ3n) is 2.27. The maximum atomic E-state index is 13.4. The number of carbonyl (C=O) groups is 1. The van der Waals surface area contributed by atoms with Crippen LogP contribution in [0.3, 0.4) is 0 Å². The van der Waals surface area contributed by atoms with Crippen molar-refractivity contribution in [2.75, 3.05) is 5.32 Å². The summed E-state index contributed by atoms with van der Waals surface area (Å²) in [4.78, 5) is 15.1. The molecule has 2 rings (SSSR count). The molecule has 7 heteroatoms. The fraction of sp³-hybridized carbons (Fsp3) is 0. The van der Waals surface area contributed by atoms with Crippen LogP contribution in [0.15, 0.2) is 39.4 Å². The van der Waals surface area contributed by atoms with Gasteiger partial charge in [0.25, 0.3) is 0 Å². The lowest BCUT2D eigenvalue weighted by Crippen LogP contribution is -2.05. The second-order valence-corrected chi connectivity index (χ2v) is 5.38. The molecule has 0 aliphatic heterocycles. The standard InChI is InChI=1S/C12H7Br2FN2O2/c13-6-3-8(12(18)19)11(16-5-6)17-7-1-2-9(14)10(15)4-7/h1-5H,(H,16,17)(H,18,19). The second-order valence-electron chi connectivity index (χ2n) is 3.61. The number of carboxylic acid groups (broad SMARTS) is 1. The van der Waals surface area contributed by atoms with Crippen LogP contribution in [-0.4, -0.2) is 16.1 Å². The van der Waals surface area contributed by atoms with Crippen LogP contribution in [0, 0.1) is 5.82 Å². The number of nitrogens with one attached hydrogen (secondary N) is 1. The Bertz CT molecular complexity index is 650. The minimum absolute atomic E-state index is 0.00213. The van der Waals surface area contributed by atoms with Crippen molar-refractivity contribution in [3.05, 3.63) is 50.8 Å². The first-order valence-electron chi connectivity index (χ1n) is 5.08. The van der Waals surface area contributed by atoms with E-state index in [2.05, 4.69) is 42.2 Å². The lowest BCUT2D eigenvalue weighted by Gasteiger charge is -2.09. The molecule has 2 aromatic rings. The van der Waals surface area contributed by atoms with Gasteiger partial charge in [-0.1, -0.05) is 0 Å². The molecule has 0 saturated heterocycles. The molecule has 1 heterocycles. The zero-order chi connectivity index (χ0) is 14.0. The molecular formula is C12H7Br2FN2O2. The first-order chi connectivity index (χ1) is 8.97. The average Bonchev–Trinajstić information content (AvgIpc) is 2.36. The molecule has 0 spiro atoms. The van der Waals surface area contributed by atoms with Crippen molar-refractivity contribution >= 4 is 49.3 Å². The number of anilines is 2. The van der Waals surface area contributed by atoms with Crippen molar-refractivity contribution in [2.24, 2.45) is 0 Å². The Balaban J connectivity index is 2.37. The van der Waals surface area contributed by atoms with E-state index < -0.39 is 11.8 Å². The van der Waals surface area contributed by atoms with Gasteiger partial charge >= 0.3 is 5.97 Å². The Morgan fingerprint density at radius 2 is 2.05 bits per heavy atom. The van der Waals surface area contributed by atoms with Crippen molar-refractivity contribution in [2.45, 2.75) is 0 Å². The number of pyridine rings is 1. The van der Waals surface area contributed by atoms with Crippen molar-refractivity contribution in [3.8, 4) is 0 Å². The van der Waals surface area contributed by atoms with Crippen molar-refractivity contribution < 1.29 is 14.3 Å². The number of hydrogen-bond donors (Lipinski definition) is 2. The smallest absolute Gasteiger partial charge is 0.339 e. The summed E-state index contributed by atoms with van der Waals surface area (Å²) in [5.41, 5.74) is 0.413. The van der Waals surface area contributed by atoms with Gasteiger partial charge in [0.05, 0.1) is 4.47 Å². The molecule has 0 aliphatic rings. The highest BCUT2D eigenvalue weighted by Crippen LogP contribution is 2.24. The van der Waals surface area contributed by atoms with Crippen LogP contribution >= 0.6 is 31.9 Å². The molecule has 1 aromatic carbocycles. The Labute approximate surface area is 124 Å². The number of benzene rings is 1. The molecule has 0 atom stereocenters. The van der Waals surface area contributed by atoms with E-state index in [-0.39, 0.29) is 11.4 Å². The van der Waals surface area contributed by atoms with E-state index in [0.29, 0.717) is 14.6 Å². The predicted molar refractivity (Wildman–Crippen MR) is 76.3 cm³/mol. The summed E-state index contributed by atoms with van der Waals surface area (Å²) in [5, 5.41) is 11.9. The van der Waals surface area contributed by atoms with E-state index in [1.54, 1.807) is 6.07 Å². The maximum absolute atomic E-state index is 13.4. The van der Waals surface area contributed by atoms with E-state index in [0.717, 1.165) is 0 Å². The molecule has 0 saturated carbocycles. The molecule has 2 N–H and O–H groups in total. The van der Waals surface area contributed by atoms with Gasteiger partial charge in [-0.15, -0.1) is 0 Å². The summed E-state index contributed by atoms with van der Waals surface area (Å²) in [6, 6.07) is 5.81. The highest BCUT2D eigenvalue weighted by Gasteiger charge is 2.13. The van der Waals surface area contributed by atoms with E-state index in [1.165, 1.54) is 24.4 Å². The van der Waals surface area contributed by atoms with Crippen LogP contribution in [0.25, 0.3) is 0 Å². The molecule has 98 valence electrons. The fourth-order valence-corrected chi connectivity index (χ4v) is 1.99. The lowest BCUT2D eigenvalue weighted by atomic mass is 10.2. The minimum Gasteiger partial charge on any atom is -0.478 e. The van der Waals surface area contributed by atoms with Crippen molar-refractivity contribution in [1.29, 1.82) is 0 Å². The second kappa shape index (κ2) is 5.66. The third kappa shape index (κ3) is 3.30. The number of hydrogen-bond acceptors (Lipinski definition) is 3. The summed E-state index contributed by atoms with van der Waals surface area (Å²) in [6.45, 7) is 0. The summed E-state index contributed by atoms with van der Waals surface area (Å²) >= 11 is 6.19. The van der Waals surface area contributed by atoms with Gasteiger partial charge in [-0.3, -0.25) is 0 Å². The zero-order valence-corrected chi connectivity index (χ0v) is 12.5. The summed E-state index contributed by atoms with van der Waals surface area (Å²) < 4.78 is 14.3. The first-order valence-corrected chi connectivity index (χ1v) is 6.67. The summed E-state index contributed by atoms with van der Waals surface area (Å²) in [5.74, 6) is -1.41. The van der Waals surface area contributed by atoms with Crippen LogP contribution in [0.4, 0.5) is 15.9 Å². The topological polar surface area (TPSA) is 62.2 Å². The lowest BCUT2D eigenvalue weighted by molar-refractivity contribution is 0.0697. The number of aromatic carboxylic acids is 1. The first kappa shape index (κ1) is 14.0. The van der Waals surface area contributed by atoms with Crippen LogP contribution in [-0.2, 0) is 0 Å². The zero-order valence-electron chi connectivity index (χ0n) is 9.32. The number of nitrogens with zero attached hydrogens (tertiary/aromatic N) is 1. The van der Waals surface area contributed by atoms with Crippen LogP contribution in [0.2, 0.25) is 0 Å². The Morgan fingerprint density at radius 3 is 2.68 bits per heavy atom. The van der Waals surface area contributed by atoms with E-state index in [4.69, 9.17) is 5.11 Å². The number of aromatic nitrogens is 1. The van der Waals surface area contributed by atoms with Gasteiger partial charge in [0.15, 0.2) is 0 Å². The molecular weight excluding hydrogens is 383 g/mol. The Hall–Kier alpha value is -1.47. The highest BCUT2D eigenvalue weighted by molar-refractivity contribution is 9.10. The molecule has 19 heavy (non-hydrogen) atoms. The van der Waals surface area contributed by atoms with Gasteiger partial charge in [-0.2, -0.15) is 0 Å². The number of halogens is 3. The van der Waals surface area contributed by atoms with Crippen LogP contribution < -0.4 is 5.32 Å². The molecule has 0 fully saturated rings. The molecule has 0 radical (unpaired) electrons. The summed E-state index contributed by atoms with van der Waals surface area (Å²) in [6.07, 6.45) is 1.46. The van der Waals surface area contributed by atoms with Gasteiger partial charge in [-0.25, -0.2) is 14.2 Å².